The van der Waals surface area contributed by atoms with Gasteiger partial charge in [-0.05, 0) is 24.7 Å². The van der Waals surface area contributed by atoms with E-state index in [0.717, 1.165) is 6.42 Å². The number of unbranched alkanes of at least 4 members (excludes halogenated alkanes) is 3. The van der Waals surface area contributed by atoms with Gasteiger partial charge in [0.2, 0.25) is 0 Å². The van der Waals surface area contributed by atoms with Gasteiger partial charge >= 0.3 is 0 Å². The van der Waals surface area contributed by atoms with Crippen molar-refractivity contribution in [2.75, 3.05) is 0 Å². The molecule has 0 amide bonds. The molecule has 0 spiro atoms. The summed E-state index contributed by atoms with van der Waals surface area (Å²) in [6.45, 7) is 9.09. The van der Waals surface area contributed by atoms with Crippen LogP contribution in [0.4, 0.5) is 0 Å². The van der Waals surface area contributed by atoms with Crippen molar-refractivity contribution in [3.63, 3.8) is 0 Å². The van der Waals surface area contributed by atoms with E-state index in [-0.39, 0.29) is 5.31 Å². The molecule has 1 aliphatic rings. The summed E-state index contributed by atoms with van der Waals surface area (Å²) >= 11 is 0. The van der Waals surface area contributed by atoms with Crippen LogP contribution in [-0.4, -0.2) is 7.28 Å². The second-order valence-corrected chi connectivity index (χ2v) is 6.59. The van der Waals surface area contributed by atoms with Gasteiger partial charge in [0.05, 0.1) is 6.07 Å². The van der Waals surface area contributed by atoms with Crippen molar-refractivity contribution < 1.29 is 0 Å². The molecule has 1 saturated carbocycles. The van der Waals surface area contributed by atoms with Crippen molar-refractivity contribution >= 4 is 7.28 Å². The molecule has 1 radical (unpaired) electrons. The van der Waals surface area contributed by atoms with Gasteiger partial charge in [-0.25, -0.2) is 0 Å². The minimum absolute atomic E-state index is 0.135. The van der Waals surface area contributed by atoms with Gasteiger partial charge in [0, 0.05) is 5.31 Å². The first-order chi connectivity index (χ1) is 8.54. The molecule has 4 atom stereocenters. The van der Waals surface area contributed by atoms with Crippen molar-refractivity contribution in [2.45, 2.75) is 83.8 Å². The fourth-order valence-electron chi connectivity index (χ4n) is 3.58. The number of rotatable bonds is 7. The highest BCUT2D eigenvalue weighted by Crippen LogP contribution is 2.52. The van der Waals surface area contributed by atoms with Crippen molar-refractivity contribution in [2.24, 2.45) is 11.8 Å². The first-order valence-electron chi connectivity index (χ1n) is 7.81. The Morgan fingerprint density at radius 2 is 2.06 bits per heavy atom. The Kier molecular flexibility index (Phi) is 6.26. The summed E-state index contributed by atoms with van der Waals surface area (Å²) in [5.41, 5.74) is 0. The van der Waals surface area contributed by atoms with Crippen molar-refractivity contribution in [1.29, 1.82) is 5.26 Å². The summed E-state index contributed by atoms with van der Waals surface area (Å²) in [6.07, 6.45) is 8.86. The van der Waals surface area contributed by atoms with Gasteiger partial charge in [-0.3, -0.25) is 0 Å². The highest BCUT2D eigenvalue weighted by Gasteiger charge is 2.44. The summed E-state index contributed by atoms with van der Waals surface area (Å²) in [4.78, 5) is 0. The van der Waals surface area contributed by atoms with E-state index in [2.05, 4.69) is 41.0 Å². The van der Waals surface area contributed by atoms with E-state index in [1.54, 1.807) is 0 Å². The number of nitriles is 1. The molecule has 0 aromatic rings. The van der Waals surface area contributed by atoms with Gasteiger partial charge in [0.1, 0.15) is 7.28 Å². The summed E-state index contributed by atoms with van der Waals surface area (Å²) in [5, 5.41) is 9.45. The molecule has 1 fully saturated rings. The fraction of sp³-hybridized carbons (Fsp3) is 0.938. The summed E-state index contributed by atoms with van der Waals surface area (Å²) in [7, 11) is 2.38. The van der Waals surface area contributed by atoms with Crippen LogP contribution in [0.3, 0.4) is 0 Å². The van der Waals surface area contributed by atoms with Crippen LogP contribution >= 0.6 is 0 Å². The lowest BCUT2D eigenvalue weighted by molar-refractivity contribution is 0.513. The van der Waals surface area contributed by atoms with Gasteiger partial charge in [0.15, 0.2) is 0 Å². The van der Waals surface area contributed by atoms with E-state index in [0.29, 0.717) is 17.7 Å². The predicted octanol–water partition coefficient (Wildman–Crippen LogP) is 5.22. The normalized spacial score (nSPS) is 33.1. The molecular weight excluding hydrogens is 217 g/mol. The lowest BCUT2D eigenvalue weighted by Gasteiger charge is -2.28. The Labute approximate surface area is 115 Å². The van der Waals surface area contributed by atoms with Crippen LogP contribution in [0.25, 0.3) is 0 Å². The topological polar surface area (TPSA) is 23.8 Å². The zero-order chi connectivity index (χ0) is 13.6. The van der Waals surface area contributed by atoms with Crippen molar-refractivity contribution in [3.05, 3.63) is 0 Å². The molecule has 1 rings (SSSR count). The second kappa shape index (κ2) is 7.22. The maximum atomic E-state index is 9.58. The largest absolute Gasteiger partial charge is 0.199 e. The third-order valence-corrected chi connectivity index (χ3v) is 4.62. The van der Waals surface area contributed by atoms with Gasteiger partial charge < -0.3 is 0 Å². The van der Waals surface area contributed by atoms with Gasteiger partial charge in [-0.15, -0.1) is 0 Å². The smallest absolute Gasteiger partial charge is 0.141 e. The zero-order valence-electron chi connectivity index (χ0n) is 12.7. The Bertz CT molecular complexity index is 283. The molecule has 4 unspecified atom stereocenters. The lowest BCUT2D eigenvalue weighted by Crippen LogP contribution is -2.24. The molecule has 0 N–H and O–H groups in total. The van der Waals surface area contributed by atoms with Gasteiger partial charge in [0.25, 0.3) is 0 Å². The lowest BCUT2D eigenvalue weighted by atomic mass is 9.42. The standard InChI is InChI=1S/C16H29BN/c1-5-6-7-8-9-15(4)17-16(12-18)11-13(2)10-14(16)3/h13-15H,5-11H2,1-4H3. The van der Waals surface area contributed by atoms with Crippen LogP contribution in [-0.2, 0) is 0 Å². The molecule has 0 heterocycles. The van der Waals surface area contributed by atoms with Crippen LogP contribution in [0.2, 0.25) is 11.1 Å². The minimum Gasteiger partial charge on any atom is -0.199 e. The number of hydrogen-bond acceptors (Lipinski definition) is 1. The van der Waals surface area contributed by atoms with Crippen molar-refractivity contribution in [3.8, 4) is 6.07 Å². The maximum absolute atomic E-state index is 9.58. The summed E-state index contributed by atoms with van der Waals surface area (Å²) in [5.74, 6) is 1.84. The average Bonchev–Trinajstić information content (AvgIpc) is 2.60. The average molecular weight is 246 g/mol. The molecule has 0 aromatic heterocycles. The molecule has 0 bridgehead atoms. The second-order valence-electron chi connectivity index (χ2n) is 6.59. The predicted molar refractivity (Wildman–Crippen MR) is 79.8 cm³/mol. The quantitative estimate of drug-likeness (QED) is 0.446. The van der Waals surface area contributed by atoms with E-state index in [1.165, 1.54) is 38.5 Å². The first-order valence-corrected chi connectivity index (χ1v) is 7.81. The van der Waals surface area contributed by atoms with Gasteiger partial charge in [-0.1, -0.05) is 65.6 Å². The molecule has 101 valence electrons. The fourth-order valence-corrected chi connectivity index (χ4v) is 3.58. The Morgan fingerprint density at radius 1 is 1.33 bits per heavy atom. The molecule has 1 aliphatic carbocycles. The SMILES string of the molecule is CCCCCCC(C)[B]C1(C#N)CC(C)CC1C. The van der Waals surface area contributed by atoms with E-state index in [4.69, 9.17) is 0 Å². The highest BCUT2D eigenvalue weighted by molar-refractivity contribution is 6.43. The highest BCUT2D eigenvalue weighted by atomic mass is 14.4. The van der Waals surface area contributed by atoms with Crippen LogP contribution < -0.4 is 0 Å². The van der Waals surface area contributed by atoms with Crippen molar-refractivity contribution in [1.82, 2.24) is 0 Å². The Morgan fingerprint density at radius 3 is 2.56 bits per heavy atom. The third-order valence-electron chi connectivity index (χ3n) is 4.62. The number of nitrogens with zero attached hydrogens (tertiary/aromatic N) is 1. The summed E-state index contributed by atoms with van der Waals surface area (Å²) < 4.78 is 0. The molecule has 18 heavy (non-hydrogen) atoms. The first kappa shape index (κ1) is 15.6. The third kappa shape index (κ3) is 4.04. The van der Waals surface area contributed by atoms with Crippen LogP contribution in [0.5, 0.6) is 0 Å². The van der Waals surface area contributed by atoms with E-state index in [9.17, 15) is 5.26 Å². The molecule has 0 aromatic carbocycles. The molecule has 0 aliphatic heterocycles. The molecular formula is C16H29BN. The maximum Gasteiger partial charge on any atom is 0.141 e. The van der Waals surface area contributed by atoms with E-state index < -0.39 is 0 Å². The zero-order valence-corrected chi connectivity index (χ0v) is 12.7. The van der Waals surface area contributed by atoms with Crippen LogP contribution in [0.15, 0.2) is 0 Å². The van der Waals surface area contributed by atoms with Gasteiger partial charge in [-0.2, -0.15) is 5.26 Å². The molecule has 0 saturated heterocycles. The van der Waals surface area contributed by atoms with Crippen LogP contribution in [0, 0.1) is 23.2 Å². The minimum atomic E-state index is -0.135. The molecule has 2 heteroatoms. The van der Waals surface area contributed by atoms with E-state index >= 15 is 0 Å². The van der Waals surface area contributed by atoms with E-state index in [1.807, 2.05) is 0 Å². The molecule has 1 nitrogen and oxygen atoms in total. The monoisotopic (exact) mass is 246 g/mol. The Hall–Kier alpha value is -0.445. The number of hydrogen-bond donors (Lipinski definition) is 0. The van der Waals surface area contributed by atoms with Crippen LogP contribution in [0.1, 0.15) is 72.6 Å². The summed E-state index contributed by atoms with van der Waals surface area (Å²) in [6, 6.07) is 2.63. The Balaban J connectivity index is 2.41.